The maximum atomic E-state index is 13.9. The largest absolute Gasteiger partial charge is 0.497 e. The highest BCUT2D eigenvalue weighted by Gasteiger charge is 2.18. The van der Waals surface area contributed by atoms with E-state index < -0.39 is 11.7 Å². The van der Waals surface area contributed by atoms with E-state index >= 15 is 0 Å². The quantitative estimate of drug-likeness (QED) is 0.492. The van der Waals surface area contributed by atoms with E-state index in [0.717, 1.165) is 21.9 Å². The molecule has 0 aliphatic heterocycles. The first-order valence-electron chi connectivity index (χ1n) is 8.70. The molecule has 8 heteroatoms. The zero-order valence-electron chi connectivity index (χ0n) is 15.6. The van der Waals surface area contributed by atoms with Crippen LogP contribution in [-0.2, 0) is 0 Å². The third-order valence-corrected chi connectivity index (χ3v) is 5.15. The summed E-state index contributed by atoms with van der Waals surface area (Å²) in [6.07, 6.45) is 0. The topological polar surface area (TPSA) is 77.2 Å². The Morgan fingerprint density at radius 1 is 1.17 bits per heavy atom. The number of hydrogen-bond donors (Lipinski definition) is 1. The van der Waals surface area contributed by atoms with E-state index in [0.29, 0.717) is 5.13 Å². The van der Waals surface area contributed by atoms with Crippen LogP contribution in [0.3, 0.4) is 0 Å². The molecule has 29 heavy (non-hydrogen) atoms. The fraction of sp³-hybridized carbons (Fsp3) is 0.0952. The second-order valence-corrected chi connectivity index (χ2v) is 7.37. The number of benzene rings is 2. The maximum Gasteiger partial charge on any atom is 0.279 e. The molecule has 2 heterocycles. The zero-order valence-corrected chi connectivity index (χ0v) is 16.4. The van der Waals surface area contributed by atoms with Crippen molar-refractivity contribution in [1.82, 2.24) is 10.1 Å². The second-order valence-electron chi connectivity index (χ2n) is 6.16. The van der Waals surface area contributed by atoms with Gasteiger partial charge in [0.15, 0.2) is 16.6 Å². The standard InChI is InChI=1S/C21H16FN3O3S/c1-12-19(13-7-9-14(27-2)10-8-13)23-21(29-12)24-20(26)17-11-18(28-25-17)15-5-3-4-6-16(15)22/h3-11H,1-2H3,(H,23,24,26). The molecule has 0 radical (unpaired) electrons. The first kappa shape index (κ1) is 18.8. The molecule has 2 aromatic heterocycles. The van der Waals surface area contributed by atoms with Gasteiger partial charge >= 0.3 is 0 Å². The zero-order chi connectivity index (χ0) is 20.4. The summed E-state index contributed by atoms with van der Waals surface area (Å²) in [4.78, 5) is 18.0. The minimum atomic E-state index is -0.480. The van der Waals surface area contributed by atoms with Gasteiger partial charge in [0.25, 0.3) is 5.91 Å². The third kappa shape index (κ3) is 3.88. The number of amides is 1. The third-order valence-electron chi connectivity index (χ3n) is 4.26. The van der Waals surface area contributed by atoms with E-state index in [1.807, 2.05) is 31.2 Å². The van der Waals surface area contributed by atoms with Gasteiger partial charge < -0.3 is 9.26 Å². The number of anilines is 1. The van der Waals surface area contributed by atoms with Gasteiger partial charge in [-0.2, -0.15) is 0 Å². The summed E-state index contributed by atoms with van der Waals surface area (Å²) in [5, 5.41) is 6.90. The molecule has 0 saturated carbocycles. The Morgan fingerprint density at radius 2 is 1.93 bits per heavy atom. The lowest BCUT2D eigenvalue weighted by molar-refractivity contribution is 0.101. The molecule has 4 rings (SSSR count). The van der Waals surface area contributed by atoms with Crippen LogP contribution in [-0.4, -0.2) is 23.2 Å². The van der Waals surface area contributed by atoms with Crippen molar-refractivity contribution in [3.05, 3.63) is 71.0 Å². The highest BCUT2D eigenvalue weighted by molar-refractivity contribution is 7.16. The van der Waals surface area contributed by atoms with Gasteiger partial charge in [-0.25, -0.2) is 9.37 Å². The van der Waals surface area contributed by atoms with Crippen LogP contribution in [0.5, 0.6) is 5.75 Å². The van der Waals surface area contributed by atoms with Crippen LogP contribution in [0.1, 0.15) is 15.4 Å². The van der Waals surface area contributed by atoms with Gasteiger partial charge in [0.05, 0.1) is 18.4 Å². The van der Waals surface area contributed by atoms with Crippen molar-refractivity contribution in [3.8, 4) is 28.3 Å². The molecule has 0 aliphatic carbocycles. The Balaban J connectivity index is 1.53. The van der Waals surface area contributed by atoms with Crippen LogP contribution in [0, 0.1) is 12.7 Å². The normalized spacial score (nSPS) is 10.7. The molecule has 0 saturated heterocycles. The van der Waals surface area contributed by atoms with E-state index in [2.05, 4.69) is 15.5 Å². The van der Waals surface area contributed by atoms with Gasteiger partial charge in [0.1, 0.15) is 11.6 Å². The van der Waals surface area contributed by atoms with Crippen molar-refractivity contribution >= 4 is 22.4 Å². The first-order valence-corrected chi connectivity index (χ1v) is 9.51. The Labute approximate surface area is 170 Å². The van der Waals surface area contributed by atoms with Gasteiger partial charge in [-0.05, 0) is 43.3 Å². The van der Waals surface area contributed by atoms with Crippen molar-refractivity contribution in [2.24, 2.45) is 0 Å². The predicted molar refractivity (Wildman–Crippen MR) is 109 cm³/mol. The van der Waals surface area contributed by atoms with Crippen molar-refractivity contribution in [1.29, 1.82) is 0 Å². The van der Waals surface area contributed by atoms with E-state index in [4.69, 9.17) is 9.26 Å². The Bertz CT molecular complexity index is 1170. The summed E-state index contributed by atoms with van der Waals surface area (Å²) in [6.45, 7) is 1.93. The van der Waals surface area contributed by atoms with Crippen LogP contribution in [0.25, 0.3) is 22.6 Å². The monoisotopic (exact) mass is 409 g/mol. The molecule has 0 fully saturated rings. The fourth-order valence-electron chi connectivity index (χ4n) is 2.80. The van der Waals surface area contributed by atoms with Gasteiger partial charge in [-0.1, -0.05) is 17.3 Å². The summed E-state index contributed by atoms with van der Waals surface area (Å²) in [5.74, 6) is 0.0102. The molecule has 146 valence electrons. The number of carbonyl (C=O) groups is 1. The summed E-state index contributed by atoms with van der Waals surface area (Å²) in [7, 11) is 1.61. The number of rotatable bonds is 5. The highest BCUT2D eigenvalue weighted by Crippen LogP contribution is 2.31. The summed E-state index contributed by atoms with van der Waals surface area (Å²) in [5.41, 5.74) is 1.98. The lowest BCUT2D eigenvalue weighted by atomic mass is 10.1. The molecule has 1 amide bonds. The number of methoxy groups -OCH3 is 1. The average Bonchev–Trinajstić information content (AvgIpc) is 3.35. The molecule has 0 bridgehead atoms. The molecule has 0 aliphatic rings. The Kier molecular flexibility index (Phi) is 5.09. The van der Waals surface area contributed by atoms with E-state index in [-0.39, 0.29) is 17.0 Å². The first-order chi connectivity index (χ1) is 14.0. The number of nitrogens with one attached hydrogen (secondary N) is 1. The number of hydrogen-bond acceptors (Lipinski definition) is 6. The number of ether oxygens (including phenoxy) is 1. The van der Waals surface area contributed by atoms with Crippen LogP contribution in [0.2, 0.25) is 0 Å². The lowest BCUT2D eigenvalue weighted by Crippen LogP contribution is -2.11. The van der Waals surface area contributed by atoms with Gasteiger partial charge in [-0.15, -0.1) is 11.3 Å². The maximum absolute atomic E-state index is 13.9. The molecule has 0 unspecified atom stereocenters. The fourth-order valence-corrected chi connectivity index (χ4v) is 3.63. The van der Waals surface area contributed by atoms with E-state index in [9.17, 15) is 9.18 Å². The Hall–Kier alpha value is -3.52. The second kappa shape index (κ2) is 7.84. The van der Waals surface area contributed by atoms with Crippen molar-refractivity contribution in [2.75, 3.05) is 12.4 Å². The minimum Gasteiger partial charge on any atom is -0.497 e. The number of aryl methyl sites for hydroxylation is 1. The van der Waals surface area contributed by atoms with E-state index in [1.165, 1.54) is 23.5 Å². The van der Waals surface area contributed by atoms with Crippen molar-refractivity contribution in [2.45, 2.75) is 6.92 Å². The van der Waals surface area contributed by atoms with E-state index in [1.54, 1.807) is 25.3 Å². The molecule has 0 spiro atoms. The SMILES string of the molecule is COc1ccc(-c2nc(NC(=O)c3cc(-c4ccccc4F)on3)sc2C)cc1. The van der Waals surface area contributed by atoms with Gasteiger partial charge in [0.2, 0.25) is 0 Å². The van der Waals surface area contributed by atoms with Crippen LogP contribution < -0.4 is 10.1 Å². The summed E-state index contributed by atoms with van der Waals surface area (Å²) in [6, 6.07) is 15.1. The van der Waals surface area contributed by atoms with Gasteiger partial charge in [-0.3, -0.25) is 10.1 Å². The van der Waals surface area contributed by atoms with Crippen LogP contribution in [0.4, 0.5) is 9.52 Å². The number of halogens is 1. The Morgan fingerprint density at radius 3 is 2.66 bits per heavy atom. The summed E-state index contributed by atoms with van der Waals surface area (Å²) < 4.78 is 24.2. The number of carbonyl (C=O) groups excluding carboxylic acids is 1. The molecule has 4 aromatic rings. The number of nitrogens with zero attached hydrogens (tertiary/aromatic N) is 2. The summed E-state index contributed by atoms with van der Waals surface area (Å²) >= 11 is 1.36. The molecule has 2 aromatic carbocycles. The van der Waals surface area contributed by atoms with Crippen molar-refractivity contribution < 1.29 is 18.4 Å². The lowest BCUT2D eigenvalue weighted by Gasteiger charge is -2.01. The molecular weight excluding hydrogens is 393 g/mol. The van der Waals surface area contributed by atoms with Crippen LogP contribution >= 0.6 is 11.3 Å². The highest BCUT2D eigenvalue weighted by atomic mass is 32.1. The molecular formula is C21H16FN3O3S. The number of aromatic nitrogens is 2. The molecule has 6 nitrogen and oxygen atoms in total. The smallest absolute Gasteiger partial charge is 0.279 e. The minimum absolute atomic E-state index is 0.0436. The average molecular weight is 409 g/mol. The number of thiazole rings is 1. The van der Waals surface area contributed by atoms with Gasteiger partial charge in [0, 0.05) is 16.5 Å². The van der Waals surface area contributed by atoms with Crippen LogP contribution in [0.15, 0.2) is 59.1 Å². The van der Waals surface area contributed by atoms with Crippen molar-refractivity contribution in [3.63, 3.8) is 0 Å². The predicted octanol–water partition coefficient (Wildman–Crippen LogP) is 5.17. The molecule has 0 atom stereocenters. The molecule has 1 N–H and O–H groups in total.